The van der Waals surface area contributed by atoms with Gasteiger partial charge >= 0.3 is 0 Å². The summed E-state index contributed by atoms with van der Waals surface area (Å²) in [7, 11) is 0. The molecule has 0 bridgehead atoms. The van der Waals surface area contributed by atoms with Gasteiger partial charge in [0.15, 0.2) is 5.76 Å². The Morgan fingerprint density at radius 2 is 1.83 bits per heavy atom. The zero-order valence-corrected chi connectivity index (χ0v) is 13.0. The summed E-state index contributed by atoms with van der Waals surface area (Å²) in [5, 5.41) is 5.42. The van der Waals surface area contributed by atoms with Crippen molar-refractivity contribution in [1.29, 1.82) is 0 Å². The Balaban J connectivity index is 1.66. The van der Waals surface area contributed by atoms with E-state index in [1.807, 2.05) is 31.2 Å². The van der Waals surface area contributed by atoms with Crippen LogP contribution in [0.5, 0.6) is 5.75 Å². The molecule has 122 valence electrons. The van der Waals surface area contributed by atoms with Crippen LogP contribution in [0.3, 0.4) is 0 Å². The van der Waals surface area contributed by atoms with Gasteiger partial charge in [-0.2, -0.15) is 0 Å². The van der Waals surface area contributed by atoms with E-state index in [1.54, 1.807) is 12.1 Å². The molecule has 1 aromatic heterocycles. The van der Waals surface area contributed by atoms with E-state index >= 15 is 0 Å². The highest BCUT2D eigenvalue weighted by Crippen LogP contribution is 2.12. The second-order valence-corrected chi connectivity index (χ2v) is 4.84. The molecule has 2 amide bonds. The Kier molecular flexibility index (Phi) is 6.23. The van der Waals surface area contributed by atoms with E-state index < -0.39 is 0 Å². The van der Waals surface area contributed by atoms with E-state index in [-0.39, 0.29) is 17.6 Å². The molecule has 0 atom stereocenters. The minimum Gasteiger partial charge on any atom is -0.494 e. The molecule has 0 spiro atoms. The number of amides is 2. The second kappa shape index (κ2) is 8.63. The third kappa shape index (κ3) is 5.50. The first-order valence-electron chi connectivity index (χ1n) is 7.49. The van der Waals surface area contributed by atoms with Gasteiger partial charge in [0.2, 0.25) is 5.91 Å². The fraction of sp³-hybridized carbons (Fsp3) is 0.294. The number of furan rings is 1. The number of benzene rings is 1. The van der Waals surface area contributed by atoms with Gasteiger partial charge in [-0.3, -0.25) is 9.59 Å². The topological polar surface area (TPSA) is 80.6 Å². The first-order chi connectivity index (χ1) is 11.2. The van der Waals surface area contributed by atoms with Crippen LogP contribution in [-0.4, -0.2) is 31.5 Å². The van der Waals surface area contributed by atoms with Crippen molar-refractivity contribution in [2.75, 3.05) is 19.7 Å². The standard InChI is InChI=1S/C17H20N2O4/c1-2-22-14-7-5-13(6-8-14)12-16(20)18-9-10-19-17(21)15-4-3-11-23-15/h3-8,11H,2,9-10,12H2,1H3,(H,18,20)(H,19,21). The van der Waals surface area contributed by atoms with Crippen molar-refractivity contribution in [3.8, 4) is 5.75 Å². The first-order valence-corrected chi connectivity index (χ1v) is 7.49. The van der Waals surface area contributed by atoms with Crippen LogP contribution in [0, 0.1) is 0 Å². The molecule has 2 N–H and O–H groups in total. The van der Waals surface area contributed by atoms with Crippen LogP contribution in [0.2, 0.25) is 0 Å². The largest absolute Gasteiger partial charge is 0.494 e. The van der Waals surface area contributed by atoms with Gasteiger partial charge in [0.05, 0.1) is 19.3 Å². The first kappa shape index (κ1) is 16.6. The van der Waals surface area contributed by atoms with Crippen LogP contribution in [0.15, 0.2) is 47.1 Å². The van der Waals surface area contributed by atoms with Crippen LogP contribution in [0.4, 0.5) is 0 Å². The Bertz CT molecular complexity index is 621. The highest BCUT2D eigenvalue weighted by molar-refractivity contribution is 5.91. The highest BCUT2D eigenvalue weighted by Gasteiger charge is 2.07. The van der Waals surface area contributed by atoms with Gasteiger partial charge in [-0.05, 0) is 36.8 Å². The summed E-state index contributed by atoms with van der Waals surface area (Å²) >= 11 is 0. The average Bonchev–Trinajstić information content (AvgIpc) is 3.08. The van der Waals surface area contributed by atoms with Crippen molar-refractivity contribution in [2.24, 2.45) is 0 Å². The molecule has 2 aromatic rings. The van der Waals surface area contributed by atoms with Crippen LogP contribution >= 0.6 is 0 Å². The molecule has 0 saturated heterocycles. The van der Waals surface area contributed by atoms with Crippen molar-refractivity contribution < 1.29 is 18.7 Å². The average molecular weight is 316 g/mol. The molecule has 0 aliphatic heterocycles. The summed E-state index contributed by atoms with van der Waals surface area (Å²) in [4.78, 5) is 23.4. The number of hydrogen-bond donors (Lipinski definition) is 2. The van der Waals surface area contributed by atoms with Gasteiger partial charge in [-0.1, -0.05) is 12.1 Å². The maximum absolute atomic E-state index is 11.8. The predicted molar refractivity (Wildman–Crippen MR) is 85.4 cm³/mol. The van der Waals surface area contributed by atoms with E-state index in [1.165, 1.54) is 6.26 Å². The van der Waals surface area contributed by atoms with E-state index in [2.05, 4.69) is 10.6 Å². The number of nitrogens with one attached hydrogen (secondary N) is 2. The lowest BCUT2D eigenvalue weighted by Crippen LogP contribution is -2.35. The molecule has 2 rings (SSSR count). The Morgan fingerprint density at radius 1 is 1.09 bits per heavy atom. The molecular formula is C17H20N2O4. The second-order valence-electron chi connectivity index (χ2n) is 4.84. The molecule has 0 saturated carbocycles. The molecule has 0 unspecified atom stereocenters. The summed E-state index contributed by atoms with van der Waals surface area (Å²) < 4.78 is 10.3. The maximum atomic E-state index is 11.8. The van der Waals surface area contributed by atoms with Gasteiger partial charge < -0.3 is 19.8 Å². The molecule has 6 nitrogen and oxygen atoms in total. The molecule has 0 fully saturated rings. The normalized spacial score (nSPS) is 10.1. The third-order valence-electron chi connectivity index (χ3n) is 3.08. The van der Waals surface area contributed by atoms with Crippen LogP contribution in [0.1, 0.15) is 23.0 Å². The quantitative estimate of drug-likeness (QED) is 0.727. The van der Waals surface area contributed by atoms with Crippen molar-refractivity contribution in [1.82, 2.24) is 10.6 Å². The fourth-order valence-electron chi connectivity index (χ4n) is 1.99. The van der Waals surface area contributed by atoms with Gasteiger partial charge in [0.25, 0.3) is 5.91 Å². The van der Waals surface area contributed by atoms with E-state index in [0.717, 1.165) is 11.3 Å². The van der Waals surface area contributed by atoms with Crippen LogP contribution in [-0.2, 0) is 11.2 Å². The third-order valence-corrected chi connectivity index (χ3v) is 3.08. The van der Waals surface area contributed by atoms with Crippen molar-refractivity contribution in [3.05, 3.63) is 54.0 Å². The predicted octanol–water partition coefficient (Wildman–Crippen LogP) is 1.77. The highest BCUT2D eigenvalue weighted by atomic mass is 16.5. The monoisotopic (exact) mass is 316 g/mol. The number of hydrogen-bond acceptors (Lipinski definition) is 4. The van der Waals surface area contributed by atoms with Gasteiger partial charge in [-0.25, -0.2) is 0 Å². The lowest BCUT2D eigenvalue weighted by molar-refractivity contribution is -0.120. The van der Waals surface area contributed by atoms with Crippen molar-refractivity contribution in [2.45, 2.75) is 13.3 Å². The molecule has 1 aromatic carbocycles. The number of rotatable bonds is 8. The molecule has 6 heteroatoms. The van der Waals surface area contributed by atoms with Crippen molar-refractivity contribution in [3.63, 3.8) is 0 Å². The van der Waals surface area contributed by atoms with Gasteiger partial charge in [0.1, 0.15) is 5.75 Å². The van der Waals surface area contributed by atoms with Gasteiger partial charge in [-0.15, -0.1) is 0 Å². The number of carbonyl (C=O) groups is 2. The van der Waals surface area contributed by atoms with E-state index in [9.17, 15) is 9.59 Å². The molecular weight excluding hydrogens is 296 g/mol. The Hall–Kier alpha value is -2.76. The fourth-order valence-corrected chi connectivity index (χ4v) is 1.99. The minimum absolute atomic E-state index is 0.0959. The molecule has 0 radical (unpaired) electrons. The summed E-state index contributed by atoms with van der Waals surface area (Å²) in [6, 6.07) is 10.6. The zero-order valence-electron chi connectivity index (χ0n) is 13.0. The van der Waals surface area contributed by atoms with Crippen molar-refractivity contribution >= 4 is 11.8 Å². The minimum atomic E-state index is -0.296. The number of ether oxygens (including phenoxy) is 1. The molecule has 23 heavy (non-hydrogen) atoms. The lowest BCUT2D eigenvalue weighted by atomic mass is 10.1. The van der Waals surface area contributed by atoms with E-state index in [0.29, 0.717) is 26.1 Å². The Morgan fingerprint density at radius 3 is 2.48 bits per heavy atom. The summed E-state index contributed by atoms with van der Waals surface area (Å²) in [5.74, 6) is 0.653. The SMILES string of the molecule is CCOc1ccc(CC(=O)NCCNC(=O)c2ccco2)cc1. The molecule has 1 heterocycles. The zero-order chi connectivity index (χ0) is 16.5. The molecule has 0 aliphatic carbocycles. The molecule has 0 aliphatic rings. The van der Waals surface area contributed by atoms with Gasteiger partial charge in [0, 0.05) is 13.1 Å². The van der Waals surface area contributed by atoms with E-state index in [4.69, 9.17) is 9.15 Å². The number of carbonyl (C=O) groups excluding carboxylic acids is 2. The summed E-state index contributed by atoms with van der Waals surface area (Å²) in [6.45, 7) is 3.24. The summed E-state index contributed by atoms with van der Waals surface area (Å²) in [5.41, 5.74) is 0.908. The smallest absolute Gasteiger partial charge is 0.287 e. The summed E-state index contributed by atoms with van der Waals surface area (Å²) in [6.07, 6.45) is 1.73. The maximum Gasteiger partial charge on any atom is 0.287 e. The lowest BCUT2D eigenvalue weighted by Gasteiger charge is -2.07. The van der Waals surface area contributed by atoms with Crippen LogP contribution in [0.25, 0.3) is 0 Å². The van der Waals surface area contributed by atoms with Crippen LogP contribution < -0.4 is 15.4 Å². The Labute approximate surface area is 134 Å².